The summed E-state index contributed by atoms with van der Waals surface area (Å²) in [6.45, 7) is 5.30. The number of nitrogens with zero attached hydrogens (tertiary/aromatic N) is 2. The van der Waals surface area contributed by atoms with Gasteiger partial charge < -0.3 is 15.4 Å². The molecule has 0 saturated carbocycles. The first-order valence-corrected chi connectivity index (χ1v) is 11.7. The minimum absolute atomic E-state index is 0.426. The van der Waals surface area contributed by atoms with Gasteiger partial charge in [0.05, 0.1) is 17.9 Å². The maximum atomic E-state index is 5.39. The second kappa shape index (κ2) is 9.05. The van der Waals surface area contributed by atoms with Crippen LogP contribution < -0.4 is 15.4 Å². The van der Waals surface area contributed by atoms with E-state index in [1.165, 1.54) is 5.56 Å². The summed E-state index contributed by atoms with van der Waals surface area (Å²) in [5.74, 6) is 2.48. The maximum Gasteiger partial charge on any atom is 0.183 e. The lowest BCUT2D eigenvalue weighted by molar-refractivity contribution is 0.419. The normalized spacial score (nSPS) is 16.3. The SMILES string of the molecule is COc1cccc2sc(NCCc3ccc(NC4=N[C@@H](C(C)C)CS4)cc3)nc12. The summed E-state index contributed by atoms with van der Waals surface area (Å²) in [7, 11) is 1.68. The van der Waals surface area contributed by atoms with Crippen molar-refractivity contribution in [3.63, 3.8) is 0 Å². The summed E-state index contributed by atoms with van der Waals surface area (Å²) in [5, 5.41) is 8.84. The van der Waals surface area contributed by atoms with Crippen molar-refractivity contribution in [2.75, 3.05) is 30.0 Å². The lowest BCUT2D eigenvalue weighted by atomic mass is 10.1. The van der Waals surface area contributed by atoms with Crippen LogP contribution in [0.1, 0.15) is 19.4 Å². The molecular weight excluding hydrogens is 400 g/mol. The molecule has 152 valence electrons. The molecule has 0 fully saturated rings. The molecule has 4 rings (SSSR count). The van der Waals surface area contributed by atoms with Crippen LogP contribution in [0.4, 0.5) is 10.8 Å². The number of thioether (sulfide) groups is 1. The van der Waals surface area contributed by atoms with E-state index in [0.29, 0.717) is 12.0 Å². The van der Waals surface area contributed by atoms with E-state index in [9.17, 15) is 0 Å². The highest BCUT2D eigenvalue weighted by atomic mass is 32.2. The molecule has 5 nitrogen and oxygen atoms in total. The second-order valence-electron chi connectivity index (χ2n) is 7.38. The quantitative estimate of drug-likeness (QED) is 0.522. The number of methoxy groups -OCH3 is 1. The van der Waals surface area contributed by atoms with Crippen LogP contribution >= 0.6 is 23.1 Å². The van der Waals surface area contributed by atoms with Crippen LogP contribution in [-0.2, 0) is 6.42 Å². The third-order valence-corrected chi connectivity index (χ3v) is 6.91. The molecule has 1 aromatic heterocycles. The smallest absolute Gasteiger partial charge is 0.183 e. The van der Waals surface area contributed by atoms with Crippen molar-refractivity contribution in [2.24, 2.45) is 10.9 Å². The van der Waals surface area contributed by atoms with E-state index in [2.05, 4.69) is 59.8 Å². The predicted octanol–water partition coefficient (Wildman–Crippen LogP) is 5.50. The van der Waals surface area contributed by atoms with Crippen molar-refractivity contribution >= 4 is 49.3 Å². The van der Waals surface area contributed by atoms with E-state index in [0.717, 1.165) is 50.7 Å². The number of thiazole rings is 1. The third kappa shape index (κ3) is 4.85. The molecule has 29 heavy (non-hydrogen) atoms. The zero-order valence-electron chi connectivity index (χ0n) is 16.9. The zero-order valence-corrected chi connectivity index (χ0v) is 18.6. The monoisotopic (exact) mass is 426 g/mol. The fourth-order valence-corrected chi connectivity index (χ4v) is 5.25. The summed E-state index contributed by atoms with van der Waals surface area (Å²) >= 11 is 3.46. The average Bonchev–Trinajstić information content (AvgIpc) is 3.36. The fourth-order valence-electron chi connectivity index (χ4n) is 3.15. The summed E-state index contributed by atoms with van der Waals surface area (Å²) < 4.78 is 6.53. The van der Waals surface area contributed by atoms with Gasteiger partial charge in [-0.25, -0.2) is 4.98 Å². The highest BCUT2D eigenvalue weighted by Crippen LogP contribution is 2.32. The van der Waals surface area contributed by atoms with Gasteiger partial charge in [-0.05, 0) is 42.2 Å². The summed E-state index contributed by atoms with van der Waals surface area (Å²) in [5.41, 5.74) is 3.31. The summed E-state index contributed by atoms with van der Waals surface area (Å²) in [6.07, 6.45) is 0.943. The Balaban J connectivity index is 1.30. The molecule has 3 aromatic rings. The molecule has 0 unspecified atom stereocenters. The third-order valence-electron chi connectivity index (χ3n) is 4.94. The van der Waals surface area contributed by atoms with E-state index in [-0.39, 0.29) is 0 Å². The van der Waals surface area contributed by atoms with Crippen LogP contribution in [0, 0.1) is 5.92 Å². The number of nitrogens with one attached hydrogen (secondary N) is 2. The van der Waals surface area contributed by atoms with Crippen LogP contribution in [0.15, 0.2) is 47.5 Å². The minimum Gasteiger partial charge on any atom is -0.494 e. The van der Waals surface area contributed by atoms with E-state index in [1.54, 1.807) is 18.4 Å². The maximum absolute atomic E-state index is 5.39. The van der Waals surface area contributed by atoms with Crippen molar-refractivity contribution in [2.45, 2.75) is 26.3 Å². The number of rotatable bonds is 7. The topological polar surface area (TPSA) is 58.5 Å². The van der Waals surface area contributed by atoms with Gasteiger partial charge in [0.1, 0.15) is 11.3 Å². The molecule has 2 N–H and O–H groups in total. The van der Waals surface area contributed by atoms with Gasteiger partial charge in [0.15, 0.2) is 10.3 Å². The molecule has 0 radical (unpaired) electrons. The van der Waals surface area contributed by atoms with E-state index >= 15 is 0 Å². The number of hydrogen-bond acceptors (Lipinski definition) is 7. The number of aliphatic imine (C=N–C) groups is 1. The average molecular weight is 427 g/mol. The Morgan fingerprint density at radius 2 is 2.00 bits per heavy atom. The number of benzene rings is 2. The Morgan fingerprint density at radius 3 is 2.72 bits per heavy atom. The van der Waals surface area contributed by atoms with Crippen molar-refractivity contribution < 1.29 is 4.74 Å². The number of aromatic nitrogens is 1. The first kappa shape index (κ1) is 20.0. The number of hydrogen-bond donors (Lipinski definition) is 2. The van der Waals surface area contributed by atoms with E-state index in [4.69, 9.17) is 9.73 Å². The fraction of sp³-hybridized carbons (Fsp3) is 0.364. The summed E-state index contributed by atoms with van der Waals surface area (Å²) in [6, 6.07) is 15.0. The Labute approximate surface area is 180 Å². The highest BCUT2D eigenvalue weighted by molar-refractivity contribution is 8.14. The van der Waals surface area contributed by atoms with Crippen molar-refractivity contribution in [1.82, 2.24) is 4.98 Å². The first-order chi connectivity index (χ1) is 14.1. The van der Waals surface area contributed by atoms with Crippen molar-refractivity contribution in [1.29, 1.82) is 0 Å². The predicted molar refractivity (Wildman–Crippen MR) is 127 cm³/mol. The van der Waals surface area contributed by atoms with Crippen molar-refractivity contribution in [3.05, 3.63) is 48.0 Å². The van der Waals surface area contributed by atoms with Gasteiger partial charge in [-0.15, -0.1) is 0 Å². The van der Waals surface area contributed by atoms with Crippen LogP contribution in [0.3, 0.4) is 0 Å². The van der Waals surface area contributed by atoms with Gasteiger partial charge in [-0.3, -0.25) is 4.99 Å². The lowest BCUT2D eigenvalue weighted by Crippen LogP contribution is -2.12. The van der Waals surface area contributed by atoms with Crippen LogP contribution in [0.5, 0.6) is 5.75 Å². The molecule has 2 aromatic carbocycles. The van der Waals surface area contributed by atoms with E-state index in [1.807, 2.05) is 23.9 Å². The molecular formula is C22H26N4OS2. The lowest BCUT2D eigenvalue weighted by Gasteiger charge is -2.08. The standard InChI is InChI=1S/C22H26N4OS2/c1-14(2)17-13-28-22(25-17)24-16-9-7-15(8-10-16)11-12-23-21-26-20-18(27-3)5-4-6-19(20)29-21/h4-10,14,17H,11-13H2,1-3H3,(H,23,26)(H,24,25)/t17-/m1/s1. The van der Waals surface area contributed by atoms with Gasteiger partial charge in [-0.2, -0.15) is 0 Å². The molecule has 2 heterocycles. The molecule has 0 aliphatic carbocycles. The van der Waals surface area contributed by atoms with Crippen LogP contribution in [-0.4, -0.2) is 35.6 Å². The van der Waals surface area contributed by atoms with Gasteiger partial charge in [0, 0.05) is 18.0 Å². The van der Waals surface area contributed by atoms with E-state index < -0.39 is 0 Å². The molecule has 1 atom stereocenters. The minimum atomic E-state index is 0.426. The molecule has 0 spiro atoms. The Hall–Kier alpha value is -2.25. The van der Waals surface area contributed by atoms with Crippen molar-refractivity contribution in [3.8, 4) is 5.75 Å². The molecule has 1 aliphatic rings. The molecule has 0 bridgehead atoms. The Bertz CT molecular complexity index is 998. The highest BCUT2D eigenvalue weighted by Gasteiger charge is 2.21. The first-order valence-electron chi connectivity index (χ1n) is 9.86. The molecule has 1 aliphatic heterocycles. The zero-order chi connectivity index (χ0) is 20.2. The Morgan fingerprint density at radius 1 is 1.17 bits per heavy atom. The number of anilines is 2. The molecule has 0 saturated heterocycles. The number of para-hydroxylation sites is 1. The molecule has 7 heteroatoms. The van der Waals surface area contributed by atoms with Gasteiger partial charge >= 0.3 is 0 Å². The second-order valence-corrected chi connectivity index (χ2v) is 9.42. The van der Waals surface area contributed by atoms with Crippen LogP contribution in [0.25, 0.3) is 10.2 Å². The summed E-state index contributed by atoms with van der Waals surface area (Å²) in [4.78, 5) is 9.42. The number of ether oxygens (including phenoxy) is 1. The largest absolute Gasteiger partial charge is 0.494 e. The van der Waals surface area contributed by atoms with Crippen LogP contribution in [0.2, 0.25) is 0 Å². The molecule has 0 amide bonds. The Kier molecular flexibility index (Phi) is 6.25. The van der Waals surface area contributed by atoms with Gasteiger partial charge in [-0.1, -0.05) is 55.1 Å². The number of fused-ring (bicyclic) bond motifs is 1. The van der Waals surface area contributed by atoms with Gasteiger partial charge in [0.25, 0.3) is 0 Å². The number of amidine groups is 1. The van der Waals surface area contributed by atoms with Gasteiger partial charge in [0.2, 0.25) is 0 Å².